The SMILES string of the molecule is CNCc1sccc1S(=O)(=O)NC(C)c1ccc(F)cc1. The number of nitrogens with one attached hydrogen (secondary N) is 2. The van der Waals surface area contributed by atoms with E-state index in [1.54, 1.807) is 37.6 Å². The molecule has 0 radical (unpaired) electrons. The summed E-state index contributed by atoms with van der Waals surface area (Å²) >= 11 is 1.39. The van der Waals surface area contributed by atoms with E-state index >= 15 is 0 Å². The summed E-state index contributed by atoms with van der Waals surface area (Å²) in [4.78, 5) is 1.05. The fraction of sp³-hybridized carbons (Fsp3) is 0.286. The van der Waals surface area contributed by atoms with Crippen LogP contribution in [0.5, 0.6) is 0 Å². The Morgan fingerprint density at radius 1 is 1.24 bits per heavy atom. The van der Waals surface area contributed by atoms with E-state index in [2.05, 4.69) is 10.0 Å². The number of hydrogen-bond acceptors (Lipinski definition) is 4. The van der Waals surface area contributed by atoms with Crippen molar-refractivity contribution in [2.24, 2.45) is 0 Å². The fourth-order valence-electron chi connectivity index (χ4n) is 1.97. The van der Waals surface area contributed by atoms with Gasteiger partial charge >= 0.3 is 0 Å². The van der Waals surface area contributed by atoms with Gasteiger partial charge in [-0.05, 0) is 43.1 Å². The van der Waals surface area contributed by atoms with E-state index in [9.17, 15) is 12.8 Å². The van der Waals surface area contributed by atoms with E-state index in [1.165, 1.54) is 23.5 Å². The first-order valence-electron chi connectivity index (χ1n) is 6.43. The molecule has 0 aliphatic carbocycles. The van der Waals surface area contributed by atoms with Gasteiger partial charge < -0.3 is 5.32 Å². The summed E-state index contributed by atoms with van der Waals surface area (Å²) in [7, 11) is -1.83. The molecule has 0 amide bonds. The van der Waals surface area contributed by atoms with Gasteiger partial charge in [-0.25, -0.2) is 17.5 Å². The van der Waals surface area contributed by atoms with Crippen molar-refractivity contribution in [3.63, 3.8) is 0 Å². The summed E-state index contributed by atoms with van der Waals surface area (Å²) in [5.74, 6) is -0.344. The highest BCUT2D eigenvalue weighted by molar-refractivity contribution is 7.89. The average Bonchev–Trinajstić information content (AvgIpc) is 2.88. The molecule has 4 nitrogen and oxygen atoms in total. The van der Waals surface area contributed by atoms with E-state index in [0.29, 0.717) is 12.1 Å². The molecule has 0 saturated carbocycles. The molecule has 1 aromatic heterocycles. The first-order chi connectivity index (χ1) is 9.94. The van der Waals surface area contributed by atoms with E-state index in [-0.39, 0.29) is 10.7 Å². The molecule has 1 heterocycles. The molecule has 1 unspecified atom stereocenters. The zero-order chi connectivity index (χ0) is 15.5. The monoisotopic (exact) mass is 328 g/mol. The van der Waals surface area contributed by atoms with Crippen molar-refractivity contribution in [2.45, 2.75) is 24.4 Å². The van der Waals surface area contributed by atoms with Crippen LogP contribution in [0.25, 0.3) is 0 Å². The number of sulfonamides is 1. The van der Waals surface area contributed by atoms with Gasteiger partial charge in [-0.3, -0.25) is 0 Å². The minimum Gasteiger partial charge on any atom is -0.315 e. The molecule has 0 bridgehead atoms. The standard InChI is InChI=1S/C14H17FN2O2S2/c1-10(11-3-5-12(15)6-4-11)17-21(18,19)14-7-8-20-13(14)9-16-2/h3-8,10,16-17H,9H2,1-2H3. The van der Waals surface area contributed by atoms with Gasteiger partial charge in [0.05, 0.1) is 4.90 Å². The predicted octanol–water partition coefficient (Wildman–Crippen LogP) is 2.65. The molecule has 1 aromatic carbocycles. The number of halogens is 1. The molecule has 114 valence electrons. The third kappa shape index (κ3) is 3.88. The molecule has 0 aliphatic rings. The van der Waals surface area contributed by atoms with E-state index in [4.69, 9.17) is 0 Å². The van der Waals surface area contributed by atoms with Crippen LogP contribution in [-0.4, -0.2) is 15.5 Å². The molecule has 0 spiro atoms. The van der Waals surface area contributed by atoms with Crippen molar-refractivity contribution < 1.29 is 12.8 Å². The number of benzene rings is 1. The Morgan fingerprint density at radius 3 is 2.52 bits per heavy atom. The summed E-state index contributed by atoms with van der Waals surface area (Å²) < 4.78 is 40.4. The third-order valence-corrected chi connectivity index (χ3v) is 5.71. The van der Waals surface area contributed by atoms with Crippen LogP contribution in [0.1, 0.15) is 23.4 Å². The van der Waals surface area contributed by atoms with Crippen molar-refractivity contribution >= 4 is 21.4 Å². The van der Waals surface area contributed by atoms with Crippen molar-refractivity contribution in [2.75, 3.05) is 7.05 Å². The molecule has 0 fully saturated rings. The Balaban J connectivity index is 2.20. The molecule has 2 aromatic rings. The zero-order valence-electron chi connectivity index (χ0n) is 11.8. The van der Waals surface area contributed by atoms with Gasteiger partial charge in [0.2, 0.25) is 10.0 Å². The minimum absolute atomic E-state index is 0.288. The highest BCUT2D eigenvalue weighted by Gasteiger charge is 2.22. The second-order valence-electron chi connectivity index (χ2n) is 4.63. The van der Waals surface area contributed by atoms with Crippen LogP contribution in [0.2, 0.25) is 0 Å². The maximum absolute atomic E-state index is 12.9. The van der Waals surface area contributed by atoms with Crippen LogP contribution < -0.4 is 10.0 Å². The van der Waals surface area contributed by atoms with Gasteiger partial charge in [0, 0.05) is 17.5 Å². The van der Waals surface area contributed by atoms with E-state index in [0.717, 1.165) is 4.88 Å². The molecule has 2 rings (SSSR count). The molecule has 0 saturated heterocycles. The summed E-state index contributed by atoms with van der Waals surface area (Å²) in [5, 5.41) is 4.70. The van der Waals surface area contributed by atoms with Gasteiger partial charge in [0.15, 0.2) is 0 Å². The summed E-state index contributed by atoms with van der Waals surface area (Å²) in [6.07, 6.45) is 0. The van der Waals surface area contributed by atoms with E-state index in [1.807, 2.05) is 0 Å². The molecule has 1 atom stereocenters. The van der Waals surface area contributed by atoms with Crippen molar-refractivity contribution in [3.05, 3.63) is 52.0 Å². The Hall–Kier alpha value is -1.28. The largest absolute Gasteiger partial charge is 0.315 e. The second kappa shape index (κ2) is 6.65. The van der Waals surface area contributed by atoms with Gasteiger partial charge in [-0.2, -0.15) is 0 Å². The Kier molecular flexibility index (Phi) is 5.10. The van der Waals surface area contributed by atoms with Crippen molar-refractivity contribution in [1.82, 2.24) is 10.0 Å². The second-order valence-corrected chi connectivity index (χ2v) is 7.32. The topological polar surface area (TPSA) is 58.2 Å². The molecule has 0 aliphatic heterocycles. The highest BCUT2D eigenvalue weighted by Crippen LogP contribution is 2.24. The van der Waals surface area contributed by atoms with Gasteiger partial charge in [0.1, 0.15) is 5.82 Å². The van der Waals surface area contributed by atoms with Crippen molar-refractivity contribution in [1.29, 1.82) is 0 Å². The lowest BCUT2D eigenvalue weighted by Crippen LogP contribution is -2.27. The van der Waals surface area contributed by atoms with Crippen LogP contribution in [0.3, 0.4) is 0 Å². The predicted molar refractivity (Wildman–Crippen MR) is 82.2 cm³/mol. The quantitative estimate of drug-likeness (QED) is 0.857. The van der Waals surface area contributed by atoms with Crippen LogP contribution >= 0.6 is 11.3 Å². The summed E-state index contributed by atoms with van der Waals surface area (Å²) in [5.41, 5.74) is 0.713. The van der Waals surface area contributed by atoms with Crippen LogP contribution in [0.15, 0.2) is 40.6 Å². The van der Waals surface area contributed by atoms with Gasteiger partial charge in [0.25, 0.3) is 0 Å². The smallest absolute Gasteiger partial charge is 0.242 e. The molecular formula is C14H17FN2O2S2. The van der Waals surface area contributed by atoms with Crippen LogP contribution in [-0.2, 0) is 16.6 Å². The number of thiophene rings is 1. The van der Waals surface area contributed by atoms with Crippen LogP contribution in [0, 0.1) is 5.82 Å². The molecule has 7 heteroatoms. The normalized spacial score (nSPS) is 13.3. The maximum atomic E-state index is 12.9. The third-order valence-electron chi connectivity index (χ3n) is 3.03. The first-order valence-corrected chi connectivity index (χ1v) is 8.79. The average molecular weight is 328 g/mol. The minimum atomic E-state index is -3.60. The zero-order valence-corrected chi connectivity index (χ0v) is 13.4. The molecule has 21 heavy (non-hydrogen) atoms. The van der Waals surface area contributed by atoms with Crippen LogP contribution in [0.4, 0.5) is 4.39 Å². The fourth-order valence-corrected chi connectivity index (χ4v) is 4.66. The lowest BCUT2D eigenvalue weighted by Gasteiger charge is -2.15. The number of hydrogen-bond donors (Lipinski definition) is 2. The Bertz CT molecular complexity index is 696. The molecular weight excluding hydrogens is 311 g/mol. The lowest BCUT2D eigenvalue weighted by molar-refractivity contribution is 0.565. The maximum Gasteiger partial charge on any atom is 0.242 e. The Morgan fingerprint density at radius 2 is 1.90 bits per heavy atom. The highest BCUT2D eigenvalue weighted by atomic mass is 32.2. The summed E-state index contributed by atoms with van der Waals surface area (Å²) in [6.45, 7) is 2.23. The molecule has 2 N–H and O–H groups in total. The van der Waals surface area contributed by atoms with Gasteiger partial charge in [-0.15, -0.1) is 11.3 Å². The van der Waals surface area contributed by atoms with E-state index < -0.39 is 16.1 Å². The lowest BCUT2D eigenvalue weighted by atomic mass is 10.1. The van der Waals surface area contributed by atoms with Gasteiger partial charge in [-0.1, -0.05) is 12.1 Å². The first kappa shape index (κ1) is 16.1. The number of rotatable bonds is 6. The Labute approximate surface area is 128 Å². The summed E-state index contributed by atoms with van der Waals surface area (Å²) in [6, 6.07) is 6.94. The van der Waals surface area contributed by atoms with Crippen molar-refractivity contribution in [3.8, 4) is 0 Å².